The molecule has 0 spiro atoms. The first-order chi connectivity index (χ1) is 14.9. The predicted molar refractivity (Wildman–Crippen MR) is 117 cm³/mol. The summed E-state index contributed by atoms with van der Waals surface area (Å²) in [5, 5.41) is 0.589. The van der Waals surface area contributed by atoms with Gasteiger partial charge in [0.15, 0.2) is 11.5 Å². The van der Waals surface area contributed by atoms with Gasteiger partial charge in [0.05, 0.1) is 4.90 Å². The Bertz CT molecular complexity index is 1030. The number of rotatable bonds is 5. The smallest absolute Gasteiger partial charge is 0.267 e. The maximum atomic E-state index is 12.8. The van der Waals surface area contributed by atoms with Crippen LogP contribution in [-0.2, 0) is 21.4 Å². The first-order valence-corrected chi connectivity index (χ1v) is 12.2. The van der Waals surface area contributed by atoms with Crippen molar-refractivity contribution < 1.29 is 22.7 Å². The van der Waals surface area contributed by atoms with Crippen LogP contribution < -0.4 is 14.2 Å². The first-order valence-electron chi connectivity index (χ1n) is 10.4. The van der Waals surface area contributed by atoms with Gasteiger partial charge in [0.1, 0.15) is 6.61 Å². The molecule has 0 saturated carbocycles. The number of nitrogens with zero attached hydrogens (tertiary/aromatic N) is 1. The summed E-state index contributed by atoms with van der Waals surface area (Å²) in [4.78, 5) is 14.7. The molecule has 1 amide bonds. The van der Waals surface area contributed by atoms with Crippen LogP contribution in [0.5, 0.6) is 11.5 Å². The topological polar surface area (TPSA) is 84.9 Å². The van der Waals surface area contributed by atoms with Gasteiger partial charge in [0, 0.05) is 30.7 Å². The molecular weight excluding hydrogens is 440 g/mol. The molecule has 0 aromatic heterocycles. The lowest BCUT2D eigenvalue weighted by atomic mass is 10.2. The maximum Gasteiger partial charge on any atom is 0.267 e. The minimum atomic E-state index is -3.75. The molecule has 2 heterocycles. The molecule has 7 nitrogen and oxygen atoms in total. The molecule has 4 rings (SSSR count). The molecule has 166 valence electrons. The summed E-state index contributed by atoms with van der Waals surface area (Å²) < 4.78 is 39.5. The lowest BCUT2D eigenvalue weighted by Crippen LogP contribution is -2.46. The van der Waals surface area contributed by atoms with Crippen LogP contribution in [0, 0.1) is 0 Å². The van der Waals surface area contributed by atoms with E-state index in [0.29, 0.717) is 16.5 Å². The summed E-state index contributed by atoms with van der Waals surface area (Å²) in [5.41, 5.74) is 0.792. The van der Waals surface area contributed by atoms with E-state index < -0.39 is 16.1 Å². The van der Waals surface area contributed by atoms with E-state index in [9.17, 15) is 13.2 Å². The minimum Gasteiger partial charge on any atom is -0.485 e. The van der Waals surface area contributed by atoms with E-state index >= 15 is 0 Å². The summed E-state index contributed by atoms with van der Waals surface area (Å²) in [6.07, 6.45) is 3.56. The highest BCUT2D eigenvalue weighted by Crippen LogP contribution is 2.34. The van der Waals surface area contributed by atoms with E-state index in [0.717, 1.165) is 44.3 Å². The van der Waals surface area contributed by atoms with Crippen LogP contribution >= 0.6 is 11.6 Å². The molecule has 0 bridgehead atoms. The van der Waals surface area contributed by atoms with Crippen molar-refractivity contribution in [3.05, 3.63) is 53.1 Å². The summed E-state index contributed by atoms with van der Waals surface area (Å²) in [5.74, 6) is 0.610. The van der Waals surface area contributed by atoms with Crippen molar-refractivity contribution in [2.75, 3.05) is 19.7 Å². The third kappa shape index (κ3) is 5.31. The zero-order valence-corrected chi connectivity index (χ0v) is 18.6. The SMILES string of the molecule is O=C([C@H]1COc2cc(S(=O)(=O)NCc3ccc(Cl)cc3)ccc2O1)N1CCCCCC1. The molecule has 0 unspecified atom stereocenters. The van der Waals surface area contributed by atoms with Crippen LogP contribution in [0.1, 0.15) is 31.2 Å². The Balaban J connectivity index is 1.42. The van der Waals surface area contributed by atoms with Gasteiger partial charge in [-0.1, -0.05) is 36.6 Å². The van der Waals surface area contributed by atoms with Crippen molar-refractivity contribution in [3.63, 3.8) is 0 Å². The Kier molecular flexibility index (Phi) is 6.69. The van der Waals surface area contributed by atoms with Gasteiger partial charge in [0.25, 0.3) is 5.91 Å². The van der Waals surface area contributed by atoms with Crippen molar-refractivity contribution in [1.82, 2.24) is 9.62 Å². The molecule has 2 aromatic rings. The number of carbonyl (C=O) groups excluding carboxylic acids is 1. The lowest BCUT2D eigenvalue weighted by molar-refractivity contribution is -0.141. The zero-order chi connectivity index (χ0) is 21.8. The third-order valence-corrected chi connectivity index (χ3v) is 7.11. The number of fused-ring (bicyclic) bond motifs is 1. The fraction of sp³-hybridized carbons (Fsp3) is 0.409. The summed E-state index contributed by atoms with van der Waals surface area (Å²) >= 11 is 5.86. The van der Waals surface area contributed by atoms with Crippen molar-refractivity contribution in [3.8, 4) is 11.5 Å². The number of carbonyl (C=O) groups is 1. The summed E-state index contributed by atoms with van der Waals surface area (Å²) in [6.45, 7) is 1.68. The van der Waals surface area contributed by atoms with Crippen LogP contribution in [0.25, 0.3) is 0 Å². The van der Waals surface area contributed by atoms with Crippen LogP contribution in [0.2, 0.25) is 5.02 Å². The molecule has 1 N–H and O–H groups in total. The second kappa shape index (κ2) is 9.46. The Morgan fingerprint density at radius 2 is 1.74 bits per heavy atom. The maximum absolute atomic E-state index is 12.8. The number of amides is 1. The van der Waals surface area contributed by atoms with Crippen molar-refractivity contribution in [1.29, 1.82) is 0 Å². The molecule has 31 heavy (non-hydrogen) atoms. The molecule has 0 aliphatic carbocycles. The quantitative estimate of drug-likeness (QED) is 0.733. The molecule has 2 aromatic carbocycles. The third-order valence-electron chi connectivity index (χ3n) is 5.46. The second-order valence-electron chi connectivity index (χ2n) is 7.72. The van der Waals surface area contributed by atoms with Crippen molar-refractivity contribution >= 4 is 27.5 Å². The van der Waals surface area contributed by atoms with E-state index in [2.05, 4.69) is 4.72 Å². The van der Waals surface area contributed by atoms with Crippen molar-refractivity contribution in [2.24, 2.45) is 0 Å². The molecule has 1 fully saturated rings. The van der Waals surface area contributed by atoms with Crippen LogP contribution in [-0.4, -0.2) is 45.0 Å². The average molecular weight is 465 g/mol. The number of sulfonamides is 1. The fourth-order valence-corrected chi connectivity index (χ4v) is 4.86. The first kappa shape index (κ1) is 21.9. The molecule has 9 heteroatoms. The highest BCUT2D eigenvalue weighted by molar-refractivity contribution is 7.89. The standard InChI is InChI=1S/C22H25ClN2O5S/c23-17-7-5-16(6-8-17)14-24-31(27,28)18-9-10-19-20(13-18)29-15-21(30-19)22(26)25-11-3-1-2-4-12-25/h5-10,13,21,24H,1-4,11-12,14-15H2/t21-/m1/s1. The summed E-state index contributed by atoms with van der Waals surface area (Å²) in [6, 6.07) is 11.3. The van der Waals surface area contributed by atoms with E-state index in [4.69, 9.17) is 21.1 Å². The van der Waals surface area contributed by atoms with Gasteiger partial charge >= 0.3 is 0 Å². The lowest BCUT2D eigenvalue weighted by Gasteiger charge is -2.30. The molecule has 1 saturated heterocycles. The number of hydrogen-bond acceptors (Lipinski definition) is 5. The van der Waals surface area contributed by atoms with Gasteiger partial charge in [-0.25, -0.2) is 13.1 Å². The minimum absolute atomic E-state index is 0.0596. The number of nitrogens with one attached hydrogen (secondary N) is 1. The van der Waals surface area contributed by atoms with Gasteiger partial charge in [-0.3, -0.25) is 4.79 Å². The normalized spacial score (nSPS) is 19.0. The van der Waals surface area contributed by atoms with Crippen LogP contribution in [0.15, 0.2) is 47.4 Å². The Hall–Kier alpha value is -2.29. The highest BCUT2D eigenvalue weighted by Gasteiger charge is 2.32. The largest absolute Gasteiger partial charge is 0.485 e. The highest BCUT2D eigenvalue weighted by atomic mass is 35.5. The number of hydrogen-bond donors (Lipinski definition) is 1. The molecular formula is C22H25ClN2O5S. The van der Waals surface area contributed by atoms with Crippen molar-refractivity contribution in [2.45, 2.75) is 43.2 Å². The van der Waals surface area contributed by atoms with E-state index in [1.165, 1.54) is 18.2 Å². The summed E-state index contributed by atoms with van der Waals surface area (Å²) in [7, 11) is -3.75. The van der Waals surface area contributed by atoms with Crippen LogP contribution in [0.4, 0.5) is 0 Å². The van der Waals surface area contributed by atoms with Gasteiger partial charge in [-0.15, -0.1) is 0 Å². The Labute approximate surface area is 187 Å². The van der Waals surface area contributed by atoms with E-state index in [1.807, 2.05) is 4.90 Å². The van der Waals surface area contributed by atoms with Crippen LogP contribution in [0.3, 0.4) is 0 Å². The zero-order valence-electron chi connectivity index (χ0n) is 17.1. The number of ether oxygens (including phenoxy) is 2. The van der Waals surface area contributed by atoms with Gasteiger partial charge in [0.2, 0.25) is 16.1 Å². The van der Waals surface area contributed by atoms with Gasteiger partial charge < -0.3 is 14.4 Å². The molecule has 2 aliphatic rings. The van der Waals surface area contributed by atoms with Gasteiger partial charge in [-0.05, 0) is 42.7 Å². The predicted octanol–water partition coefficient (Wildman–Crippen LogP) is 3.36. The monoisotopic (exact) mass is 464 g/mol. The van der Waals surface area contributed by atoms with E-state index in [-0.39, 0.29) is 24.0 Å². The molecule has 1 atom stereocenters. The average Bonchev–Trinajstić information content (AvgIpc) is 3.07. The Morgan fingerprint density at radius 3 is 2.45 bits per heavy atom. The Morgan fingerprint density at radius 1 is 1.03 bits per heavy atom. The number of halogens is 1. The molecule has 0 radical (unpaired) electrons. The number of benzene rings is 2. The number of likely N-dealkylation sites (tertiary alicyclic amines) is 1. The van der Waals surface area contributed by atoms with E-state index in [1.54, 1.807) is 24.3 Å². The molecule has 2 aliphatic heterocycles. The second-order valence-corrected chi connectivity index (χ2v) is 9.92. The van der Waals surface area contributed by atoms with Gasteiger partial charge in [-0.2, -0.15) is 0 Å². The fourth-order valence-electron chi connectivity index (χ4n) is 3.70.